The number of piperazine rings is 1. The molecule has 1 unspecified atom stereocenters. The van der Waals surface area contributed by atoms with Crippen LogP contribution in [0.3, 0.4) is 0 Å². The molecule has 0 amide bonds. The zero-order valence-corrected chi connectivity index (χ0v) is 14.9. The normalized spacial score (nSPS) is 16.5. The molecule has 4 rings (SSSR count). The first-order valence-corrected chi connectivity index (χ1v) is 9.04. The lowest BCUT2D eigenvalue weighted by molar-refractivity contribution is 0.199. The standard InChI is InChI=1S/C22H23FN2O/c1-26-21-10-9-17(15-20(21)23)22(25-13-11-24-12-14-25)19-8-4-6-16-5-2-3-7-18(16)19/h2-10,15,22,24H,11-14H2,1H3. The van der Waals surface area contributed by atoms with Crippen molar-refractivity contribution in [2.75, 3.05) is 33.3 Å². The van der Waals surface area contributed by atoms with E-state index < -0.39 is 0 Å². The summed E-state index contributed by atoms with van der Waals surface area (Å²) in [5.74, 6) is -0.0314. The number of methoxy groups -OCH3 is 1. The lowest BCUT2D eigenvalue weighted by atomic mass is 9.92. The van der Waals surface area contributed by atoms with Crippen LogP contribution in [0.1, 0.15) is 17.2 Å². The maximum Gasteiger partial charge on any atom is 0.165 e. The van der Waals surface area contributed by atoms with Crippen molar-refractivity contribution in [1.82, 2.24) is 10.2 Å². The van der Waals surface area contributed by atoms with Crippen LogP contribution in [0.25, 0.3) is 10.8 Å². The Morgan fingerprint density at radius 2 is 1.77 bits per heavy atom. The molecule has 1 aliphatic rings. The maximum absolute atomic E-state index is 14.5. The van der Waals surface area contributed by atoms with Crippen LogP contribution in [-0.4, -0.2) is 38.2 Å². The van der Waals surface area contributed by atoms with Crippen LogP contribution in [0.5, 0.6) is 5.75 Å². The third-order valence-electron chi connectivity index (χ3n) is 5.13. The van der Waals surface area contributed by atoms with Gasteiger partial charge in [-0.05, 0) is 34.0 Å². The van der Waals surface area contributed by atoms with Crippen molar-refractivity contribution >= 4 is 10.8 Å². The SMILES string of the molecule is COc1ccc(C(c2cccc3ccccc23)N2CCNCC2)cc1F. The largest absolute Gasteiger partial charge is 0.494 e. The van der Waals surface area contributed by atoms with E-state index in [-0.39, 0.29) is 17.6 Å². The smallest absolute Gasteiger partial charge is 0.165 e. The van der Waals surface area contributed by atoms with Gasteiger partial charge >= 0.3 is 0 Å². The average Bonchev–Trinajstić information content (AvgIpc) is 2.69. The highest BCUT2D eigenvalue weighted by atomic mass is 19.1. The van der Waals surface area contributed by atoms with Gasteiger partial charge in [-0.25, -0.2) is 4.39 Å². The number of nitrogens with zero attached hydrogens (tertiary/aromatic N) is 1. The molecule has 0 aromatic heterocycles. The molecule has 1 aliphatic heterocycles. The molecule has 1 atom stereocenters. The quantitative estimate of drug-likeness (QED) is 0.770. The van der Waals surface area contributed by atoms with Crippen molar-refractivity contribution in [3.63, 3.8) is 0 Å². The molecule has 0 saturated carbocycles. The lowest BCUT2D eigenvalue weighted by Gasteiger charge is -2.36. The number of rotatable bonds is 4. The van der Waals surface area contributed by atoms with Gasteiger partial charge < -0.3 is 10.1 Å². The number of ether oxygens (including phenoxy) is 1. The monoisotopic (exact) mass is 350 g/mol. The Balaban J connectivity index is 1.86. The molecule has 26 heavy (non-hydrogen) atoms. The van der Waals surface area contributed by atoms with Gasteiger partial charge in [-0.1, -0.05) is 48.5 Å². The van der Waals surface area contributed by atoms with Gasteiger partial charge in [0.2, 0.25) is 0 Å². The predicted molar refractivity (Wildman–Crippen MR) is 103 cm³/mol. The van der Waals surface area contributed by atoms with Crippen LogP contribution in [0.15, 0.2) is 60.7 Å². The number of hydrogen-bond acceptors (Lipinski definition) is 3. The van der Waals surface area contributed by atoms with Crippen molar-refractivity contribution in [2.24, 2.45) is 0 Å². The fourth-order valence-electron chi connectivity index (χ4n) is 3.87. The number of benzene rings is 3. The maximum atomic E-state index is 14.5. The Hall–Kier alpha value is -2.43. The summed E-state index contributed by atoms with van der Waals surface area (Å²) in [7, 11) is 1.50. The van der Waals surface area contributed by atoms with Crippen LogP contribution in [0.4, 0.5) is 4.39 Å². The molecule has 1 heterocycles. The second-order valence-electron chi connectivity index (χ2n) is 6.65. The molecule has 134 valence electrons. The Morgan fingerprint density at radius 1 is 1.00 bits per heavy atom. The van der Waals surface area contributed by atoms with Crippen LogP contribution in [0, 0.1) is 5.82 Å². The molecule has 4 heteroatoms. The number of fused-ring (bicyclic) bond motifs is 1. The summed E-state index contributed by atoms with van der Waals surface area (Å²) < 4.78 is 19.6. The highest BCUT2D eigenvalue weighted by molar-refractivity contribution is 5.86. The fraction of sp³-hybridized carbons (Fsp3) is 0.273. The van der Waals surface area contributed by atoms with E-state index in [2.05, 4.69) is 52.7 Å². The third-order valence-corrected chi connectivity index (χ3v) is 5.13. The molecule has 3 aromatic carbocycles. The Labute approximate surface area is 153 Å². The zero-order chi connectivity index (χ0) is 17.9. The second-order valence-corrected chi connectivity index (χ2v) is 6.65. The van der Waals surface area contributed by atoms with E-state index in [0.29, 0.717) is 0 Å². The van der Waals surface area contributed by atoms with Gasteiger partial charge in [0.15, 0.2) is 11.6 Å². The highest BCUT2D eigenvalue weighted by Gasteiger charge is 2.26. The van der Waals surface area contributed by atoms with Gasteiger partial charge in [0.25, 0.3) is 0 Å². The van der Waals surface area contributed by atoms with Crippen LogP contribution >= 0.6 is 0 Å². The number of hydrogen-bond donors (Lipinski definition) is 1. The number of halogens is 1. The second kappa shape index (κ2) is 7.44. The van der Waals surface area contributed by atoms with Crippen molar-refractivity contribution in [3.05, 3.63) is 77.6 Å². The Kier molecular flexibility index (Phi) is 4.87. The fourth-order valence-corrected chi connectivity index (χ4v) is 3.87. The summed E-state index contributed by atoms with van der Waals surface area (Å²) in [5, 5.41) is 5.83. The number of nitrogens with one attached hydrogen (secondary N) is 1. The summed E-state index contributed by atoms with van der Waals surface area (Å²) in [6.07, 6.45) is 0. The van der Waals surface area contributed by atoms with Crippen molar-refractivity contribution < 1.29 is 9.13 Å². The molecule has 0 radical (unpaired) electrons. The van der Waals surface area contributed by atoms with Gasteiger partial charge in [-0.3, -0.25) is 4.90 Å². The van der Waals surface area contributed by atoms with Crippen molar-refractivity contribution in [2.45, 2.75) is 6.04 Å². The molecular formula is C22H23FN2O. The van der Waals surface area contributed by atoms with Gasteiger partial charge in [-0.15, -0.1) is 0 Å². The van der Waals surface area contributed by atoms with Crippen LogP contribution in [0.2, 0.25) is 0 Å². The highest BCUT2D eigenvalue weighted by Crippen LogP contribution is 2.35. The summed E-state index contributed by atoms with van der Waals surface area (Å²) in [5.41, 5.74) is 2.18. The first-order chi connectivity index (χ1) is 12.8. The molecule has 0 bridgehead atoms. The topological polar surface area (TPSA) is 24.5 Å². The minimum Gasteiger partial charge on any atom is -0.494 e. The van der Waals surface area contributed by atoms with E-state index in [1.807, 2.05) is 6.07 Å². The first kappa shape index (κ1) is 17.0. The Bertz CT molecular complexity index is 900. The van der Waals surface area contributed by atoms with Gasteiger partial charge in [-0.2, -0.15) is 0 Å². The average molecular weight is 350 g/mol. The third kappa shape index (κ3) is 3.18. The van der Waals surface area contributed by atoms with Crippen LogP contribution < -0.4 is 10.1 Å². The molecule has 1 fully saturated rings. The van der Waals surface area contributed by atoms with E-state index >= 15 is 0 Å². The Morgan fingerprint density at radius 3 is 2.54 bits per heavy atom. The molecule has 1 saturated heterocycles. The summed E-state index contributed by atoms with van der Waals surface area (Å²) >= 11 is 0. The summed E-state index contributed by atoms with van der Waals surface area (Å²) in [6, 6.07) is 20.1. The van der Waals surface area contributed by atoms with Gasteiger partial charge in [0.1, 0.15) is 0 Å². The van der Waals surface area contributed by atoms with Gasteiger partial charge in [0, 0.05) is 26.2 Å². The molecule has 0 aliphatic carbocycles. The van der Waals surface area contributed by atoms with E-state index in [0.717, 1.165) is 31.7 Å². The van der Waals surface area contributed by atoms with Crippen molar-refractivity contribution in [1.29, 1.82) is 0 Å². The zero-order valence-electron chi connectivity index (χ0n) is 14.9. The van der Waals surface area contributed by atoms with Crippen LogP contribution in [-0.2, 0) is 0 Å². The molecule has 1 N–H and O–H groups in total. The summed E-state index contributed by atoms with van der Waals surface area (Å²) in [6.45, 7) is 3.75. The van der Waals surface area contributed by atoms with E-state index in [1.54, 1.807) is 12.1 Å². The molecule has 0 spiro atoms. The first-order valence-electron chi connectivity index (χ1n) is 9.04. The molecule has 3 nitrogen and oxygen atoms in total. The predicted octanol–water partition coefficient (Wildman–Crippen LogP) is 3.98. The molecular weight excluding hydrogens is 327 g/mol. The lowest BCUT2D eigenvalue weighted by Crippen LogP contribution is -2.45. The van der Waals surface area contributed by atoms with E-state index in [4.69, 9.17) is 4.74 Å². The van der Waals surface area contributed by atoms with Gasteiger partial charge in [0.05, 0.1) is 13.2 Å². The van der Waals surface area contributed by atoms with E-state index in [9.17, 15) is 4.39 Å². The minimum atomic E-state index is -0.314. The summed E-state index contributed by atoms with van der Waals surface area (Å²) in [4.78, 5) is 2.43. The van der Waals surface area contributed by atoms with E-state index in [1.165, 1.54) is 23.4 Å². The minimum absolute atomic E-state index is 0.0172. The van der Waals surface area contributed by atoms with Crippen molar-refractivity contribution in [3.8, 4) is 5.75 Å². The molecule has 3 aromatic rings.